The minimum atomic E-state index is -4.00. The number of pyridine rings is 1. The zero-order chi connectivity index (χ0) is 23.6. The molecule has 2 fully saturated rings. The summed E-state index contributed by atoms with van der Waals surface area (Å²) in [6.45, 7) is 4.15. The van der Waals surface area contributed by atoms with E-state index in [9.17, 15) is 21.6 Å². The number of ether oxygens (including phenoxy) is 1. The molecule has 1 aromatic heterocycles. The third-order valence-electron chi connectivity index (χ3n) is 5.80. The van der Waals surface area contributed by atoms with Crippen LogP contribution in [0.4, 0.5) is 5.69 Å². The van der Waals surface area contributed by atoms with E-state index in [0.29, 0.717) is 36.2 Å². The summed E-state index contributed by atoms with van der Waals surface area (Å²) in [5.41, 5.74) is 1.35. The molecule has 10 nitrogen and oxygen atoms in total. The van der Waals surface area contributed by atoms with E-state index in [1.807, 2.05) is 6.07 Å². The lowest BCUT2D eigenvalue weighted by Crippen LogP contribution is -2.43. The van der Waals surface area contributed by atoms with Crippen molar-refractivity contribution in [1.82, 2.24) is 14.6 Å². The van der Waals surface area contributed by atoms with Crippen molar-refractivity contribution in [1.29, 1.82) is 0 Å². The van der Waals surface area contributed by atoms with Crippen molar-refractivity contribution in [2.24, 2.45) is 0 Å². The molecule has 1 atom stereocenters. The number of morpholine rings is 1. The van der Waals surface area contributed by atoms with Crippen LogP contribution in [-0.2, 0) is 29.6 Å². The van der Waals surface area contributed by atoms with Gasteiger partial charge in [0.15, 0.2) is 0 Å². The molecule has 0 spiro atoms. The molecule has 0 saturated carbocycles. The minimum absolute atomic E-state index is 0.0282. The molecule has 2 aliphatic rings. The summed E-state index contributed by atoms with van der Waals surface area (Å²) in [4.78, 5) is 18.4. The van der Waals surface area contributed by atoms with Gasteiger partial charge in [-0.1, -0.05) is 12.1 Å². The van der Waals surface area contributed by atoms with Gasteiger partial charge in [-0.25, -0.2) is 25.9 Å². The predicted molar refractivity (Wildman–Crippen MR) is 122 cm³/mol. The Morgan fingerprint density at radius 2 is 1.97 bits per heavy atom. The van der Waals surface area contributed by atoms with Gasteiger partial charge in [0.05, 0.1) is 35.6 Å². The van der Waals surface area contributed by atoms with Gasteiger partial charge in [-0.05, 0) is 36.2 Å². The average Bonchev–Trinajstić information content (AvgIpc) is 3.08. The summed E-state index contributed by atoms with van der Waals surface area (Å²) in [6.07, 6.45) is 3.25. The first kappa shape index (κ1) is 23.8. The quantitative estimate of drug-likeness (QED) is 0.599. The number of hydrogen-bond acceptors (Lipinski definition) is 8. The van der Waals surface area contributed by atoms with E-state index in [0.717, 1.165) is 5.56 Å². The first-order valence-electron chi connectivity index (χ1n) is 10.6. The largest absolute Gasteiger partial charge is 0.379 e. The molecule has 1 amide bonds. The fraction of sp³-hybridized carbons (Fsp3) is 0.429. The molecular weight excluding hydrogens is 468 g/mol. The molecule has 2 aromatic rings. The standard InChI is InChI=1S/C21H26N4O6S2/c1-16-4-5-18(25-21(26)6-12-32(25,27)28)13-20(16)33(29,30)23-15-19(17-3-2-7-22-14-17)24-8-10-31-11-9-24/h2-5,7,13-14,19,23H,6,8-12,15H2,1H3/t19-/m0/s1. The number of hydrogen-bond donors (Lipinski definition) is 1. The molecular formula is C21H26N4O6S2. The lowest BCUT2D eigenvalue weighted by Gasteiger charge is -2.34. The number of carbonyl (C=O) groups is 1. The van der Waals surface area contributed by atoms with E-state index >= 15 is 0 Å². The number of aryl methyl sites for hydroxylation is 1. The van der Waals surface area contributed by atoms with Gasteiger partial charge in [-0.2, -0.15) is 0 Å². The van der Waals surface area contributed by atoms with Crippen LogP contribution in [0.5, 0.6) is 0 Å². The number of nitrogens with zero attached hydrogens (tertiary/aromatic N) is 3. The van der Waals surface area contributed by atoms with E-state index < -0.39 is 26.0 Å². The third-order valence-corrected chi connectivity index (χ3v) is 9.05. The summed E-state index contributed by atoms with van der Waals surface area (Å²) < 4.78 is 59.9. The Bertz CT molecular complexity index is 1230. The highest BCUT2D eigenvalue weighted by Gasteiger charge is 2.37. The van der Waals surface area contributed by atoms with Crippen LogP contribution in [0.3, 0.4) is 0 Å². The number of rotatable bonds is 7. The lowest BCUT2D eigenvalue weighted by atomic mass is 10.1. The van der Waals surface area contributed by atoms with Crippen LogP contribution >= 0.6 is 0 Å². The van der Waals surface area contributed by atoms with Crippen molar-refractivity contribution in [3.63, 3.8) is 0 Å². The first-order chi connectivity index (χ1) is 15.7. The molecule has 0 unspecified atom stereocenters. The Kier molecular flexibility index (Phi) is 6.82. The van der Waals surface area contributed by atoms with Gasteiger partial charge in [-0.15, -0.1) is 0 Å². The van der Waals surface area contributed by atoms with Crippen LogP contribution in [0.2, 0.25) is 0 Å². The fourth-order valence-electron chi connectivity index (χ4n) is 4.06. The van der Waals surface area contributed by atoms with Gasteiger partial charge >= 0.3 is 0 Å². The van der Waals surface area contributed by atoms with E-state index in [4.69, 9.17) is 4.74 Å². The molecule has 3 heterocycles. The highest BCUT2D eigenvalue weighted by Crippen LogP contribution is 2.29. The van der Waals surface area contributed by atoms with Crippen LogP contribution in [0, 0.1) is 6.92 Å². The van der Waals surface area contributed by atoms with Crippen LogP contribution in [0.25, 0.3) is 0 Å². The number of nitrogens with one attached hydrogen (secondary N) is 1. The predicted octanol–water partition coefficient (Wildman–Crippen LogP) is 0.808. The van der Waals surface area contributed by atoms with Gasteiger partial charge in [0.25, 0.3) is 0 Å². The number of sulfonamides is 2. The smallest absolute Gasteiger partial charge is 0.242 e. The minimum Gasteiger partial charge on any atom is -0.379 e. The van der Waals surface area contributed by atoms with E-state index in [1.165, 1.54) is 18.2 Å². The molecule has 0 radical (unpaired) electrons. The lowest BCUT2D eigenvalue weighted by molar-refractivity contribution is -0.116. The third kappa shape index (κ3) is 5.09. The molecule has 2 aliphatic heterocycles. The summed E-state index contributed by atoms with van der Waals surface area (Å²) in [5.74, 6) is -0.856. The Morgan fingerprint density at radius 1 is 1.21 bits per heavy atom. The normalized spacial score (nSPS) is 20.2. The number of aromatic nitrogens is 1. The van der Waals surface area contributed by atoms with Gasteiger partial charge in [0.2, 0.25) is 26.0 Å². The number of anilines is 1. The molecule has 0 bridgehead atoms. The Balaban J connectivity index is 1.61. The number of amides is 1. The summed E-state index contributed by atoms with van der Waals surface area (Å²) in [6, 6.07) is 7.65. The zero-order valence-electron chi connectivity index (χ0n) is 18.2. The summed E-state index contributed by atoms with van der Waals surface area (Å²) in [5, 5.41) is 0. The summed E-state index contributed by atoms with van der Waals surface area (Å²) in [7, 11) is -7.80. The van der Waals surface area contributed by atoms with Crippen molar-refractivity contribution in [2.75, 3.05) is 42.9 Å². The van der Waals surface area contributed by atoms with Crippen molar-refractivity contribution in [3.05, 3.63) is 53.9 Å². The second-order valence-electron chi connectivity index (χ2n) is 7.98. The molecule has 4 rings (SSSR count). The second-order valence-corrected chi connectivity index (χ2v) is 11.6. The Labute approximate surface area is 193 Å². The fourth-order valence-corrected chi connectivity index (χ4v) is 6.81. The highest BCUT2D eigenvalue weighted by atomic mass is 32.2. The SMILES string of the molecule is Cc1ccc(N2C(=O)CCS2(=O)=O)cc1S(=O)(=O)NC[C@@H](c1cccnc1)N1CCOCC1. The van der Waals surface area contributed by atoms with Crippen molar-refractivity contribution in [3.8, 4) is 0 Å². The molecule has 1 aromatic carbocycles. The molecule has 0 aliphatic carbocycles. The van der Waals surface area contributed by atoms with Gasteiger partial charge in [-0.3, -0.25) is 14.7 Å². The molecule has 178 valence electrons. The molecule has 33 heavy (non-hydrogen) atoms. The van der Waals surface area contributed by atoms with Crippen molar-refractivity contribution in [2.45, 2.75) is 24.3 Å². The maximum Gasteiger partial charge on any atom is 0.242 e. The van der Waals surface area contributed by atoms with Crippen LogP contribution < -0.4 is 9.03 Å². The summed E-state index contributed by atoms with van der Waals surface area (Å²) >= 11 is 0. The van der Waals surface area contributed by atoms with Crippen LogP contribution in [-0.4, -0.2) is 71.2 Å². The topological polar surface area (TPSA) is 126 Å². The monoisotopic (exact) mass is 494 g/mol. The average molecular weight is 495 g/mol. The highest BCUT2D eigenvalue weighted by molar-refractivity contribution is 7.94. The first-order valence-corrected chi connectivity index (χ1v) is 13.7. The number of benzene rings is 1. The Morgan fingerprint density at radius 3 is 2.61 bits per heavy atom. The van der Waals surface area contributed by atoms with Gasteiger partial charge in [0, 0.05) is 38.4 Å². The molecule has 12 heteroatoms. The van der Waals surface area contributed by atoms with E-state index in [-0.39, 0.29) is 35.3 Å². The second kappa shape index (κ2) is 9.47. The van der Waals surface area contributed by atoms with Crippen molar-refractivity contribution >= 4 is 31.6 Å². The maximum atomic E-state index is 13.3. The molecule has 1 N–H and O–H groups in total. The van der Waals surface area contributed by atoms with E-state index in [1.54, 1.807) is 25.4 Å². The van der Waals surface area contributed by atoms with Gasteiger partial charge in [0.1, 0.15) is 0 Å². The van der Waals surface area contributed by atoms with Crippen molar-refractivity contribution < 1.29 is 26.4 Å². The van der Waals surface area contributed by atoms with Crippen LogP contribution in [0.15, 0.2) is 47.6 Å². The zero-order valence-corrected chi connectivity index (χ0v) is 19.8. The molecule has 2 saturated heterocycles. The maximum absolute atomic E-state index is 13.3. The Hall–Kier alpha value is -2.38. The number of carbonyl (C=O) groups excluding carboxylic acids is 1. The van der Waals surface area contributed by atoms with Crippen LogP contribution in [0.1, 0.15) is 23.6 Å². The van der Waals surface area contributed by atoms with E-state index in [2.05, 4.69) is 14.6 Å². The van der Waals surface area contributed by atoms with Gasteiger partial charge < -0.3 is 4.74 Å².